The molecule has 1 aromatic heterocycles. The molecule has 0 amide bonds. The van der Waals surface area contributed by atoms with Crippen LogP contribution < -0.4 is 5.32 Å². The number of nitrogens with zero attached hydrogens (tertiary/aromatic N) is 1. The summed E-state index contributed by atoms with van der Waals surface area (Å²) in [5.41, 5.74) is 1.33. The Labute approximate surface area is 83.5 Å². The number of hydrogen-bond acceptors (Lipinski definition) is 3. The lowest BCUT2D eigenvalue weighted by molar-refractivity contribution is 0.0449. The van der Waals surface area contributed by atoms with E-state index < -0.39 is 0 Å². The smallest absolute Gasteiger partial charge is 0.129 e. The maximum atomic E-state index is 5.49. The number of nitrogens with one attached hydrogen (secondary N) is 1. The van der Waals surface area contributed by atoms with Gasteiger partial charge in [0.15, 0.2) is 0 Å². The second-order valence-electron chi connectivity index (χ2n) is 4.09. The number of fused-ring (bicyclic) bond motifs is 2. The fraction of sp³-hybridized carbons (Fsp3) is 0.545. The van der Waals surface area contributed by atoms with Crippen molar-refractivity contribution >= 4 is 5.82 Å². The summed E-state index contributed by atoms with van der Waals surface area (Å²) >= 11 is 0. The van der Waals surface area contributed by atoms with Gasteiger partial charge in [0, 0.05) is 24.8 Å². The first kappa shape index (κ1) is 8.24. The van der Waals surface area contributed by atoms with Crippen LogP contribution >= 0.6 is 0 Å². The van der Waals surface area contributed by atoms with Crippen molar-refractivity contribution in [1.82, 2.24) is 4.98 Å². The van der Waals surface area contributed by atoms with Gasteiger partial charge >= 0.3 is 0 Å². The molecule has 2 aliphatic rings. The van der Waals surface area contributed by atoms with Gasteiger partial charge in [0.25, 0.3) is 0 Å². The molecule has 3 rings (SSSR count). The molecule has 0 aliphatic carbocycles. The minimum absolute atomic E-state index is 0.575. The summed E-state index contributed by atoms with van der Waals surface area (Å²) in [7, 11) is 0. The van der Waals surface area contributed by atoms with Crippen molar-refractivity contribution in [2.75, 3.05) is 18.5 Å². The average Bonchev–Trinajstić information content (AvgIpc) is 2.26. The number of rotatable bonds is 0. The Morgan fingerprint density at radius 1 is 1.50 bits per heavy atom. The second-order valence-corrected chi connectivity index (χ2v) is 4.09. The molecule has 14 heavy (non-hydrogen) atoms. The topological polar surface area (TPSA) is 34.1 Å². The molecule has 2 unspecified atom stereocenters. The monoisotopic (exact) mass is 190 g/mol. The molecule has 2 atom stereocenters. The molecule has 0 spiro atoms. The molecule has 3 nitrogen and oxygen atoms in total. The van der Waals surface area contributed by atoms with Crippen LogP contribution in [-0.4, -0.2) is 24.2 Å². The Morgan fingerprint density at radius 2 is 2.50 bits per heavy atom. The van der Waals surface area contributed by atoms with E-state index in [1.165, 1.54) is 5.56 Å². The molecule has 0 bridgehead atoms. The van der Waals surface area contributed by atoms with Crippen LogP contribution in [0.15, 0.2) is 18.3 Å². The van der Waals surface area contributed by atoms with E-state index in [1.807, 2.05) is 12.3 Å². The van der Waals surface area contributed by atoms with Crippen molar-refractivity contribution in [3.05, 3.63) is 23.9 Å². The van der Waals surface area contributed by atoms with Crippen molar-refractivity contribution < 1.29 is 4.74 Å². The zero-order valence-corrected chi connectivity index (χ0v) is 8.07. The summed E-state index contributed by atoms with van der Waals surface area (Å²) in [6, 6.07) is 4.73. The average molecular weight is 190 g/mol. The lowest BCUT2D eigenvalue weighted by atomic mass is 9.86. The van der Waals surface area contributed by atoms with Crippen LogP contribution in [0.2, 0.25) is 0 Å². The van der Waals surface area contributed by atoms with Gasteiger partial charge in [0.2, 0.25) is 0 Å². The van der Waals surface area contributed by atoms with Gasteiger partial charge in [-0.3, -0.25) is 0 Å². The molecule has 1 fully saturated rings. The lowest BCUT2D eigenvalue weighted by Gasteiger charge is -2.37. The third-order valence-electron chi connectivity index (χ3n) is 3.17. The third kappa shape index (κ3) is 1.28. The van der Waals surface area contributed by atoms with Gasteiger partial charge in [0.1, 0.15) is 5.82 Å². The van der Waals surface area contributed by atoms with E-state index in [1.54, 1.807) is 0 Å². The van der Waals surface area contributed by atoms with E-state index in [4.69, 9.17) is 4.74 Å². The molecule has 1 saturated heterocycles. The molecule has 74 valence electrons. The summed E-state index contributed by atoms with van der Waals surface area (Å²) < 4.78 is 5.49. The van der Waals surface area contributed by atoms with E-state index in [0.29, 0.717) is 12.0 Å². The number of aromatic nitrogens is 1. The quantitative estimate of drug-likeness (QED) is 0.672. The van der Waals surface area contributed by atoms with Crippen LogP contribution in [-0.2, 0) is 11.2 Å². The Bertz CT molecular complexity index is 307. The molecule has 1 N–H and O–H groups in total. The van der Waals surface area contributed by atoms with Gasteiger partial charge in [-0.1, -0.05) is 6.07 Å². The first-order valence-electron chi connectivity index (χ1n) is 5.21. The molecule has 3 heterocycles. The summed E-state index contributed by atoms with van der Waals surface area (Å²) in [5, 5.41) is 3.51. The van der Waals surface area contributed by atoms with Crippen LogP contribution in [0.4, 0.5) is 5.82 Å². The van der Waals surface area contributed by atoms with Crippen LogP contribution in [0.5, 0.6) is 0 Å². The first-order valence-corrected chi connectivity index (χ1v) is 5.21. The van der Waals surface area contributed by atoms with E-state index in [2.05, 4.69) is 16.4 Å². The maximum absolute atomic E-state index is 5.49. The normalized spacial score (nSPS) is 30.0. The summed E-state index contributed by atoms with van der Waals surface area (Å²) in [6.45, 7) is 1.78. The highest BCUT2D eigenvalue weighted by atomic mass is 16.5. The Morgan fingerprint density at radius 3 is 3.50 bits per heavy atom. The third-order valence-corrected chi connectivity index (χ3v) is 3.17. The molecule has 2 aliphatic heterocycles. The predicted molar refractivity (Wildman–Crippen MR) is 54.3 cm³/mol. The van der Waals surface area contributed by atoms with Gasteiger partial charge in [-0.05, 0) is 24.5 Å². The van der Waals surface area contributed by atoms with Crippen molar-refractivity contribution in [2.24, 2.45) is 5.92 Å². The van der Waals surface area contributed by atoms with E-state index >= 15 is 0 Å². The zero-order chi connectivity index (χ0) is 9.38. The minimum atomic E-state index is 0.575. The largest absolute Gasteiger partial charge is 0.381 e. The highest BCUT2D eigenvalue weighted by molar-refractivity contribution is 5.47. The van der Waals surface area contributed by atoms with Gasteiger partial charge in [0.05, 0.1) is 6.61 Å². The summed E-state index contributed by atoms with van der Waals surface area (Å²) in [6.07, 6.45) is 4.08. The SMILES string of the molecule is c1cnc2c(c1)CC1COCCC1N2. The maximum Gasteiger partial charge on any atom is 0.129 e. The van der Waals surface area contributed by atoms with Crippen LogP contribution in [0, 0.1) is 5.92 Å². The zero-order valence-electron chi connectivity index (χ0n) is 8.07. The predicted octanol–water partition coefficient (Wildman–Crippen LogP) is 1.45. The molecule has 3 heteroatoms. The van der Waals surface area contributed by atoms with Crippen molar-refractivity contribution in [2.45, 2.75) is 18.9 Å². The van der Waals surface area contributed by atoms with Gasteiger partial charge < -0.3 is 10.1 Å². The fourth-order valence-electron chi connectivity index (χ4n) is 2.38. The molecule has 0 saturated carbocycles. The number of hydrogen-bond donors (Lipinski definition) is 1. The fourth-order valence-corrected chi connectivity index (χ4v) is 2.38. The number of pyridine rings is 1. The van der Waals surface area contributed by atoms with Crippen LogP contribution in [0.1, 0.15) is 12.0 Å². The molecular weight excluding hydrogens is 176 g/mol. The Balaban J connectivity index is 1.91. The lowest BCUT2D eigenvalue weighted by Crippen LogP contribution is -2.42. The Hall–Kier alpha value is -1.09. The number of anilines is 1. The standard InChI is InChI=1S/C11H14N2O/c1-2-8-6-9-7-14-5-3-10(9)13-11(8)12-4-1/h1-2,4,9-10H,3,5-7H2,(H,12,13). The number of ether oxygens (including phenoxy) is 1. The van der Waals surface area contributed by atoms with Gasteiger partial charge in [-0.25, -0.2) is 4.98 Å². The van der Waals surface area contributed by atoms with E-state index in [-0.39, 0.29) is 0 Å². The molecular formula is C11H14N2O. The van der Waals surface area contributed by atoms with Gasteiger partial charge in [-0.15, -0.1) is 0 Å². The van der Waals surface area contributed by atoms with Crippen molar-refractivity contribution in [3.8, 4) is 0 Å². The molecule has 1 aromatic rings. The van der Waals surface area contributed by atoms with Crippen molar-refractivity contribution in [3.63, 3.8) is 0 Å². The highest BCUT2D eigenvalue weighted by Crippen LogP contribution is 2.30. The molecule has 0 aromatic carbocycles. The van der Waals surface area contributed by atoms with Gasteiger partial charge in [-0.2, -0.15) is 0 Å². The van der Waals surface area contributed by atoms with E-state index in [0.717, 1.165) is 31.9 Å². The second kappa shape index (κ2) is 3.24. The van der Waals surface area contributed by atoms with Crippen LogP contribution in [0.25, 0.3) is 0 Å². The summed E-state index contributed by atoms with van der Waals surface area (Å²) in [4.78, 5) is 4.36. The summed E-state index contributed by atoms with van der Waals surface area (Å²) in [5.74, 6) is 1.72. The highest BCUT2D eigenvalue weighted by Gasteiger charge is 2.30. The molecule has 0 radical (unpaired) electrons. The minimum Gasteiger partial charge on any atom is -0.381 e. The van der Waals surface area contributed by atoms with Crippen LogP contribution in [0.3, 0.4) is 0 Å². The van der Waals surface area contributed by atoms with E-state index in [9.17, 15) is 0 Å². The first-order chi connectivity index (χ1) is 6.93. The Kier molecular flexibility index (Phi) is 1.91. The van der Waals surface area contributed by atoms with Crippen molar-refractivity contribution in [1.29, 1.82) is 0 Å².